The van der Waals surface area contributed by atoms with E-state index in [1.807, 2.05) is 18.9 Å². The van der Waals surface area contributed by atoms with Gasteiger partial charge in [-0.15, -0.1) is 0 Å². The molecule has 5 heteroatoms. The second kappa shape index (κ2) is 4.72. The molecule has 1 aliphatic heterocycles. The average Bonchev–Trinajstić information content (AvgIpc) is 2.09. The van der Waals surface area contributed by atoms with Gasteiger partial charge in [-0.3, -0.25) is 9.69 Å². The SMILES string of the molecule is CN[C@@H](C(=O)O)[C@@H]1OCN(C)C[C@H]1C. The summed E-state index contributed by atoms with van der Waals surface area (Å²) in [5.74, 6) is -0.629. The molecule has 1 aliphatic rings. The van der Waals surface area contributed by atoms with Gasteiger partial charge in [0.25, 0.3) is 0 Å². The Morgan fingerprint density at radius 2 is 2.36 bits per heavy atom. The summed E-state index contributed by atoms with van der Waals surface area (Å²) < 4.78 is 5.50. The minimum Gasteiger partial charge on any atom is -0.480 e. The summed E-state index contributed by atoms with van der Waals surface area (Å²) >= 11 is 0. The van der Waals surface area contributed by atoms with Crippen molar-refractivity contribution in [3.05, 3.63) is 0 Å². The Morgan fingerprint density at radius 1 is 1.71 bits per heavy atom. The van der Waals surface area contributed by atoms with Crippen LogP contribution in [0.1, 0.15) is 6.92 Å². The molecule has 1 heterocycles. The van der Waals surface area contributed by atoms with Crippen molar-refractivity contribution in [3.63, 3.8) is 0 Å². The number of carbonyl (C=O) groups is 1. The van der Waals surface area contributed by atoms with Crippen LogP contribution in [0.2, 0.25) is 0 Å². The lowest BCUT2D eigenvalue weighted by Gasteiger charge is -2.37. The molecule has 0 bridgehead atoms. The quantitative estimate of drug-likeness (QED) is 0.651. The Bertz CT molecular complexity index is 210. The predicted molar refractivity (Wildman–Crippen MR) is 52.0 cm³/mol. The molecule has 0 aromatic rings. The van der Waals surface area contributed by atoms with E-state index in [0.29, 0.717) is 6.73 Å². The highest BCUT2D eigenvalue weighted by atomic mass is 16.5. The van der Waals surface area contributed by atoms with Crippen LogP contribution < -0.4 is 5.32 Å². The Kier molecular flexibility index (Phi) is 3.86. The van der Waals surface area contributed by atoms with Gasteiger partial charge in [-0.2, -0.15) is 0 Å². The smallest absolute Gasteiger partial charge is 0.323 e. The number of likely N-dealkylation sites (N-methyl/N-ethyl adjacent to an activating group) is 1. The highest BCUT2D eigenvalue weighted by molar-refractivity contribution is 5.74. The molecule has 14 heavy (non-hydrogen) atoms. The van der Waals surface area contributed by atoms with Crippen LogP contribution in [0.25, 0.3) is 0 Å². The van der Waals surface area contributed by atoms with Crippen molar-refractivity contribution in [2.45, 2.75) is 19.1 Å². The van der Waals surface area contributed by atoms with Crippen molar-refractivity contribution in [1.29, 1.82) is 0 Å². The summed E-state index contributed by atoms with van der Waals surface area (Å²) in [6.07, 6.45) is -0.242. The number of ether oxygens (including phenoxy) is 1. The molecule has 0 amide bonds. The van der Waals surface area contributed by atoms with Gasteiger partial charge in [0.05, 0.1) is 12.8 Å². The maximum atomic E-state index is 10.9. The van der Waals surface area contributed by atoms with E-state index in [0.717, 1.165) is 6.54 Å². The average molecular weight is 202 g/mol. The number of rotatable bonds is 3. The molecule has 3 atom stereocenters. The maximum Gasteiger partial charge on any atom is 0.323 e. The molecule has 0 aliphatic carbocycles. The number of nitrogens with one attached hydrogen (secondary N) is 1. The number of carboxylic acids is 1. The molecule has 0 aromatic heterocycles. The second-order valence-corrected chi connectivity index (χ2v) is 3.88. The zero-order chi connectivity index (χ0) is 10.7. The first-order valence-corrected chi connectivity index (χ1v) is 4.76. The lowest BCUT2D eigenvalue weighted by Crippen LogP contribution is -2.54. The molecule has 2 N–H and O–H groups in total. The number of aliphatic carboxylic acids is 1. The fraction of sp³-hybridized carbons (Fsp3) is 0.889. The van der Waals surface area contributed by atoms with Gasteiger partial charge in [-0.1, -0.05) is 6.92 Å². The van der Waals surface area contributed by atoms with Crippen molar-refractivity contribution < 1.29 is 14.6 Å². The lowest BCUT2D eigenvalue weighted by atomic mass is 9.96. The first kappa shape index (κ1) is 11.4. The fourth-order valence-electron chi connectivity index (χ4n) is 1.88. The van der Waals surface area contributed by atoms with Crippen LogP contribution in [0, 0.1) is 5.92 Å². The van der Waals surface area contributed by atoms with E-state index in [4.69, 9.17) is 9.84 Å². The topological polar surface area (TPSA) is 61.8 Å². The van der Waals surface area contributed by atoms with E-state index in [9.17, 15) is 4.79 Å². The van der Waals surface area contributed by atoms with Crippen LogP contribution in [0.5, 0.6) is 0 Å². The largest absolute Gasteiger partial charge is 0.480 e. The summed E-state index contributed by atoms with van der Waals surface area (Å²) in [6.45, 7) is 3.38. The molecule has 1 saturated heterocycles. The molecule has 0 radical (unpaired) electrons. The molecule has 1 fully saturated rings. The van der Waals surface area contributed by atoms with Gasteiger partial charge in [0.2, 0.25) is 0 Å². The summed E-state index contributed by atoms with van der Waals surface area (Å²) in [6, 6.07) is -0.612. The molecule has 82 valence electrons. The minimum absolute atomic E-state index is 0.224. The number of nitrogens with zero attached hydrogens (tertiary/aromatic N) is 1. The molecule has 0 saturated carbocycles. The number of carboxylic acid groups (broad SMARTS) is 1. The van der Waals surface area contributed by atoms with Crippen molar-refractivity contribution in [3.8, 4) is 0 Å². The van der Waals surface area contributed by atoms with Crippen LogP contribution in [0.3, 0.4) is 0 Å². The highest BCUT2D eigenvalue weighted by Gasteiger charge is 2.35. The van der Waals surface area contributed by atoms with E-state index in [1.54, 1.807) is 7.05 Å². The van der Waals surface area contributed by atoms with E-state index in [1.165, 1.54) is 0 Å². The van der Waals surface area contributed by atoms with Crippen LogP contribution in [-0.2, 0) is 9.53 Å². The van der Waals surface area contributed by atoms with Crippen molar-refractivity contribution in [2.24, 2.45) is 5.92 Å². The van der Waals surface area contributed by atoms with Crippen molar-refractivity contribution in [2.75, 3.05) is 27.4 Å². The first-order valence-electron chi connectivity index (χ1n) is 4.76. The van der Waals surface area contributed by atoms with Gasteiger partial charge in [-0.05, 0) is 20.0 Å². The summed E-state index contributed by atoms with van der Waals surface area (Å²) in [5.41, 5.74) is 0. The predicted octanol–water partition coefficient (Wildman–Crippen LogP) is -0.417. The van der Waals surface area contributed by atoms with Crippen LogP contribution in [0.15, 0.2) is 0 Å². The molecular formula is C9H18N2O3. The standard InChI is InChI=1S/C9H18N2O3/c1-6-4-11(3)5-14-8(6)7(10-2)9(12)13/h6-8,10H,4-5H2,1-3H3,(H,12,13)/t6-,7-,8-/m1/s1. The minimum atomic E-state index is -0.853. The van der Waals surface area contributed by atoms with Gasteiger partial charge < -0.3 is 15.2 Å². The molecule has 0 aromatic carbocycles. The summed E-state index contributed by atoms with van der Waals surface area (Å²) in [7, 11) is 3.61. The van der Waals surface area contributed by atoms with E-state index >= 15 is 0 Å². The number of hydrogen-bond acceptors (Lipinski definition) is 4. The van der Waals surface area contributed by atoms with Gasteiger partial charge in [0.15, 0.2) is 0 Å². The van der Waals surface area contributed by atoms with Gasteiger partial charge >= 0.3 is 5.97 Å². The molecule has 0 spiro atoms. The Labute approximate surface area is 84.0 Å². The maximum absolute atomic E-state index is 10.9. The van der Waals surface area contributed by atoms with Crippen LogP contribution in [-0.4, -0.2) is 55.5 Å². The third kappa shape index (κ3) is 2.43. The fourth-order valence-corrected chi connectivity index (χ4v) is 1.88. The van der Waals surface area contributed by atoms with E-state index in [-0.39, 0.29) is 12.0 Å². The van der Waals surface area contributed by atoms with Gasteiger partial charge in [0, 0.05) is 6.54 Å². The molecule has 0 unspecified atom stereocenters. The van der Waals surface area contributed by atoms with Crippen LogP contribution >= 0.6 is 0 Å². The van der Waals surface area contributed by atoms with E-state index < -0.39 is 12.0 Å². The Balaban J connectivity index is 2.62. The zero-order valence-corrected chi connectivity index (χ0v) is 8.86. The third-order valence-electron chi connectivity index (χ3n) is 2.55. The van der Waals surface area contributed by atoms with Crippen molar-refractivity contribution >= 4 is 5.97 Å². The van der Waals surface area contributed by atoms with E-state index in [2.05, 4.69) is 5.32 Å². The highest BCUT2D eigenvalue weighted by Crippen LogP contribution is 2.18. The Morgan fingerprint density at radius 3 is 2.79 bits per heavy atom. The normalized spacial score (nSPS) is 31.4. The second-order valence-electron chi connectivity index (χ2n) is 3.88. The van der Waals surface area contributed by atoms with Gasteiger partial charge in [0.1, 0.15) is 6.04 Å². The monoisotopic (exact) mass is 202 g/mol. The lowest BCUT2D eigenvalue weighted by molar-refractivity contribution is -0.153. The summed E-state index contributed by atoms with van der Waals surface area (Å²) in [4.78, 5) is 12.9. The molecule has 5 nitrogen and oxygen atoms in total. The Hall–Kier alpha value is -0.650. The first-order chi connectivity index (χ1) is 6.56. The number of hydrogen-bond donors (Lipinski definition) is 2. The van der Waals surface area contributed by atoms with Gasteiger partial charge in [-0.25, -0.2) is 0 Å². The summed E-state index contributed by atoms with van der Waals surface area (Å²) in [5, 5.41) is 11.7. The zero-order valence-electron chi connectivity index (χ0n) is 8.86. The molecule has 1 rings (SSSR count). The molecular weight excluding hydrogens is 184 g/mol. The van der Waals surface area contributed by atoms with Crippen molar-refractivity contribution in [1.82, 2.24) is 10.2 Å². The van der Waals surface area contributed by atoms with Crippen LogP contribution in [0.4, 0.5) is 0 Å². The third-order valence-corrected chi connectivity index (χ3v) is 2.55.